The van der Waals surface area contributed by atoms with E-state index >= 15 is 0 Å². The Morgan fingerprint density at radius 2 is 2.03 bits per heavy atom. The number of sulfonamides is 1. The number of anilines is 2. The van der Waals surface area contributed by atoms with E-state index in [4.69, 9.17) is 21.3 Å². The van der Waals surface area contributed by atoms with Crippen LogP contribution in [0, 0.1) is 11.8 Å². The van der Waals surface area contributed by atoms with E-state index in [9.17, 15) is 13.2 Å². The highest BCUT2D eigenvalue weighted by Gasteiger charge is 2.31. The van der Waals surface area contributed by atoms with Gasteiger partial charge in [0.2, 0.25) is 15.9 Å². The minimum atomic E-state index is -3.33. The first-order chi connectivity index (χ1) is 16.9. The number of carbonyl (C=O) groups excluding carboxylic acids is 1. The lowest BCUT2D eigenvalue weighted by molar-refractivity contribution is -0.120. The Bertz CT molecular complexity index is 1140. The van der Waals surface area contributed by atoms with Crippen LogP contribution < -0.4 is 10.6 Å². The molecule has 2 aromatic rings. The maximum atomic E-state index is 12.9. The predicted octanol–water partition coefficient (Wildman–Crippen LogP) is 3.64. The van der Waals surface area contributed by atoms with Crippen molar-refractivity contribution in [2.75, 3.05) is 49.2 Å². The summed E-state index contributed by atoms with van der Waals surface area (Å²) in [4.78, 5) is 21.9. The number of rotatable bonds is 8. The molecule has 0 radical (unpaired) electrons. The highest BCUT2D eigenvalue weighted by molar-refractivity contribution is 7.89. The minimum absolute atomic E-state index is 0.0272. The number of hydrogen-bond acceptors (Lipinski definition) is 7. The molecular weight excluding hydrogens is 490 g/mol. The predicted molar refractivity (Wildman–Crippen MR) is 137 cm³/mol. The molecule has 1 unspecified atom stereocenters. The lowest BCUT2D eigenvalue weighted by atomic mass is 9.99. The molecule has 2 fully saturated rings. The molecule has 190 valence electrons. The van der Waals surface area contributed by atoms with Gasteiger partial charge in [-0.05, 0) is 56.7 Å². The van der Waals surface area contributed by atoms with Crippen LogP contribution >= 0.6 is 11.6 Å². The molecule has 4 heterocycles. The van der Waals surface area contributed by atoms with Crippen molar-refractivity contribution in [1.82, 2.24) is 14.3 Å². The largest absolute Gasteiger partial charge is 0.381 e. The van der Waals surface area contributed by atoms with E-state index in [1.165, 1.54) is 10.5 Å². The molecule has 2 saturated heterocycles. The van der Waals surface area contributed by atoms with E-state index in [1.807, 2.05) is 18.2 Å². The van der Waals surface area contributed by atoms with Crippen LogP contribution in [0.25, 0.3) is 11.3 Å². The second kappa shape index (κ2) is 11.6. The summed E-state index contributed by atoms with van der Waals surface area (Å²) >= 11 is 6.43. The number of amides is 1. The molecule has 2 aliphatic rings. The molecule has 2 aromatic heterocycles. The van der Waals surface area contributed by atoms with Gasteiger partial charge >= 0.3 is 0 Å². The molecule has 35 heavy (non-hydrogen) atoms. The number of halogens is 1. The molecule has 9 nitrogen and oxygen atoms in total. The van der Waals surface area contributed by atoms with Gasteiger partial charge < -0.3 is 15.4 Å². The van der Waals surface area contributed by atoms with Crippen LogP contribution in [0.2, 0.25) is 5.02 Å². The van der Waals surface area contributed by atoms with Gasteiger partial charge in [-0.2, -0.15) is 0 Å². The van der Waals surface area contributed by atoms with Gasteiger partial charge in [0.15, 0.2) is 0 Å². The molecule has 11 heteroatoms. The molecule has 2 aliphatic heterocycles. The number of nitrogens with zero attached hydrogens (tertiary/aromatic N) is 3. The third-order valence-corrected chi connectivity index (χ3v) is 8.71. The van der Waals surface area contributed by atoms with E-state index in [1.54, 1.807) is 13.0 Å². The van der Waals surface area contributed by atoms with Gasteiger partial charge in [-0.15, -0.1) is 0 Å². The number of hydrogen-bond donors (Lipinski definition) is 2. The van der Waals surface area contributed by atoms with Crippen molar-refractivity contribution in [2.24, 2.45) is 11.8 Å². The summed E-state index contributed by atoms with van der Waals surface area (Å²) in [6.07, 6.45) is 4.84. The fraction of sp³-hybridized carbons (Fsp3) is 0.542. The Balaban J connectivity index is 1.43. The van der Waals surface area contributed by atoms with E-state index in [-0.39, 0.29) is 18.2 Å². The van der Waals surface area contributed by atoms with Crippen LogP contribution in [-0.4, -0.2) is 67.2 Å². The van der Waals surface area contributed by atoms with Crippen LogP contribution in [0.4, 0.5) is 11.6 Å². The van der Waals surface area contributed by atoms with Crippen molar-refractivity contribution in [3.63, 3.8) is 0 Å². The Kier molecular flexibility index (Phi) is 8.59. The van der Waals surface area contributed by atoms with Crippen molar-refractivity contribution in [3.8, 4) is 11.3 Å². The standard InChI is InChI=1S/C24H32ClN5O4S/c1-2-35(32,33)30-10-4-5-18(16-30)24(31)29-23-13-19(20(25)15-27-23)21-6-3-7-22(28-21)26-14-17-8-11-34-12-9-17/h3,6-7,13,15,17-18H,2,4-5,8-12,14,16H2,1H3,(H,26,28)(H,27,29,31). The fourth-order valence-electron chi connectivity index (χ4n) is 4.41. The Labute approximate surface area is 211 Å². The topological polar surface area (TPSA) is 114 Å². The van der Waals surface area contributed by atoms with Gasteiger partial charge in [-0.1, -0.05) is 17.7 Å². The second-order valence-electron chi connectivity index (χ2n) is 8.98. The summed E-state index contributed by atoms with van der Waals surface area (Å²) < 4.78 is 31.3. The normalized spacial score (nSPS) is 19.9. The van der Waals surface area contributed by atoms with Gasteiger partial charge in [0.05, 0.1) is 22.4 Å². The summed E-state index contributed by atoms with van der Waals surface area (Å²) in [5.74, 6) is 1.02. The lowest BCUT2D eigenvalue weighted by Crippen LogP contribution is -2.44. The zero-order chi connectivity index (χ0) is 24.8. The van der Waals surface area contributed by atoms with Crippen LogP contribution in [0.15, 0.2) is 30.5 Å². The zero-order valence-corrected chi connectivity index (χ0v) is 21.4. The fourth-order valence-corrected chi connectivity index (χ4v) is 5.79. The first kappa shape index (κ1) is 25.8. The van der Waals surface area contributed by atoms with Crippen molar-refractivity contribution in [3.05, 3.63) is 35.5 Å². The van der Waals surface area contributed by atoms with Crippen molar-refractivity contribution >= 4 is 39.2 Å². The third kappa shape index (κ3) is 6.69. The number of pyridine rings is 2. The first-order valence-electron chi connectivity index (χ1n) is 12.1. The smallest absolute Gasteiger partial charge is 0.229 e. The van der Waals surface area contributed by atoms with E-state index in [0.29, 0.717) is 47.4 Å². The maximum Gasteiger partial charge on any atom is 0.229 e. The Morgan fingerprint density at radius 1 is 1.23 bits per heavy atom. The Hall–Kier alpha value is -2.27. The summed E-state index contributed by atoms with van der Waals surface area (Å²) in [6, 6.07) is 7.39. The maximum absolute atomic E-state index is 12.9. The van der Waals surface area contributed by atoms with Gasteiger partial charge in [0.1, 0.15) is 11.6 Å². The molecule has 1 atom stereocenters. The third-order valence-electron chi connectivity index (χ3n) is 6.56. The molecular formula is C24H32ClN5O4S. The highest BCUT2D eigenvalue weighted by Crippen LogP contribution is 2.29. The van der Waals surface area contributed by atoms with Crippen molar-refractivity contribution < 1.29 is 17.9 Å². The van der Waals surface area contributed by atoms with Crippen molar-refractivity contribution in [1.29, 1.82) is 0 Å². The van der Waals surface area contributed by atoms with Gasteiger partial charge in [-0.25, -0.2) is 22.7 Å². The van der Waals surface area contributed by atoms with Gasteiger partial charge in [-0.3, -0.25) is 4.79 Å². The van der Waals surface area contributed by atoms with Crippen LogP contribution in [0.1, 0.15) is 32.6 Å². The van der Waals surface area contributed by atoms with E-state index < -0.39 is 15.9 Å². The monoisotopic (exact) mass is 521 g/mol. The van der Waals surface area contributed by atoms with E-state index in [0.717, 1.165) is 38.4 Å². The Morgan fingerprint density at radius 3 is 2.80 bits per heavy atom. The van der Waals surface area contributed by atoms with Crippen molar-refractivity contribution in [2.45, 2.75) is 32.6 Å². The first-order valence-corrected chi connectivity index (χ1v) is 14.1. The zero-order valence-electron chi connectivity index (χ0n) is 19.9. The summed E-state index contributed by atoms with van der Waals surface area (Å²) in [6.45, 7) is 4.68. The van der Waals surface area contributed by atoms with Crippen LogP contribution in [0.5, 0.6) is 0 Å². The number of piperidine rings is 1. The van der Waals surface area contributed by atoms with Crippen LogP contribution in [-0.2, 0) is 19.6 Å². The SMILES string of the molecule is CCS(=O)(=O)N1CCCC(C(=O)Nc2cc(-c3cccc(NCC4CCOCC4)n3)c(Cl)cn2)C1. The van der Waals surface area contributed by atoms with Gasteiger partial charge in [0.25, 0.3) is 0 Å². The second-order valence-corrected chi connectivity index (χ2v) is 11.6. The summed E-state index contributed by atoms with van der Waals surface area (Å²) in [7, 11) is -3.33. The van der Waals surface area contributed by atoms with E-state index in [2.05, 4.69) is 15.6 Å². The van der Waals surface area contributed by atoms with Gasteiger partial charge in [0, 0.05) is 44.6 Å². The molecule has 0 spiro atoms. The number of aromatic nitrogens is 2. The van der Waals surface area contributed by atoms with Crippen LogP contribution in [0.3, 0.4) is 0 Å². The quantitative estimate of drug-likeness (QED) is 0.545. The number of nitrogens with one attached hydrogen (secondary N) is 2. The highest BCUT2D eigenvalue weighted by atomic mass is 35.5. The molecule has 0 aromatic carbocycles. The molecule has 0 aliphatic carbocycles. The summed E-state index contributed by atoms with van der Waals surface area (Å²) in [5.41, 5.74) is 1.33. The summed E-state index contributed by atoms with van der Waals surface area (Å²) in [5, 5.41) is 6.67. The molecule has 0 saturated carbocycles. The average Bonchev–Trinajstić information content (AvgIpc) is 2.89. The molecule has 1 amide bonds. The molecule has 4 rings (SSSR count). The number of carbonyl (C=O) groups is 1. The average molecular weight is 522 g/mol. The minimum Gasteiger partial charge on any atom is -0.381 e. The molecule has 2 N–H and O–H groups in total. The lowest BCUT2D eigenvalue weighted by Gasteiger charge is -2.30. The number of ether oxygens (including phenoxy) is 1. The molecule has 0 bridgehead atoms.